The van der Waals surface area contributed by atoms with Gasteiger partial charge in [0, 0.05) is 30.8 Å². The minimum Gasteiger partial charge on any atom is -0.342 e. The number of anilines is 1. The molecule has 21 heavy (non-hydrogen) atoms. The molecule has 112 valence electrons. The highest BCUT2D eigenvalue weighted by atomic mass is 32.1. The Morgan fingerprint density at radius 3 is 2.90 bits per heavy atom. The third kappa shape index (κ3) is 2.95. The molecular weight excluding hydrogens is 286 g/mol. The second-order valence-corrected chi connectivity index (χ2v) is 7.34. The van der Waals surface area contributed by atoms with Crippen LogP contribution in [0.3, 0.4) is 0 Å². The van der Waals surface area contributed by atoms with Crippen molar-refractivity contribution >= 4 is 28.3 Å². The number of carbonyl (C=O) groups is 2. The van der Waals surface area contributed by atoms with Crippen LogP contribution in [0.2, 0.25) is 0 Å². The zero-order valence-corrected chi connectivity index (χ0v) is 12.7. The van der Waals surface area contributed by atoms with Crippen molar-refractivity contribution < 1.29 is 9.59 Å². The van der Waals surface area contributed by atoms with Crippen LogP contribution in [-0.2, 0) is 9.59 Å². The summed E-state index contributed by atoms with van der Waals surface area (Å²) in [6, 6.07) is 0. The van der Waals surface area contributed by atoms with Crippen LogP contribution in [0.1, 0.15) is 43.7 Å². The maximum Gasteiger partial charge on any atom is 0.231 e. The number of carbonyl (C=O) groups excluding carboxylic acids is 2. The molecule has 2 amide bonds. The number of likely N-dealkylation sites (tertiary alicyclic amines) is 1. The average Bonchev–Trinajstić information content (AvgIpc) is 3.37. The van der Waals surface area contributed by atoms with Crippen molar-refractivity contribution in [2.45, 2.75) is 38.0 Å². The van der Waals surface area contributed by atoms with Gasteiger partial charge in [0.1, 0.15) is 0 Å². The minimum absolute atomic E-state index is 0.0571. The molecule has 6 heteroatoms. The molecule has 1 saturated heterocycles. The number of aromatic nitrogens is 1. The molecule has 0 spiro atoms. The first-order valence-corrected chi connectivity index (χ1v) is 8.61. The molecule has 0 unspecified atom stereocenters. The predicted octanol–water partition coefficient (Wildman–Crippen LogP) is 2.22. The molecule has 1 aromatic heterocycles. The Morgan fingerprint density at radius 2 is 2.19 bits per heavy atom. The summed E-state index contributed by atoms with van der Waals surface area (Å²) in [4.78, 5) is 30.5. The van der Waals surface area contributed by atoms with Gasteiger partial charge in [-0.2, -0.15) is 0 Å². The molecular formula is C15H19N3O2S. The smallest absolute Gasteiger partial charge is 0.231 e. The second-order valence-electron chi connectivity index (χ2n) is 6.48. The van der Waals surface area contributed by atoms with Crippen molar-refractivity contribution in [2.75, 3.05) is 18.4 Å². The topological polar surface area (TPSA) is 62.3 Å². The minimum atomic E-state index is -0.218. The summed E-state index contributed by atoms with van der Waals surface area (Å²) in [5.41, 5.74) is 1.10. The lowest BCUT2D eigenvalue weighted by Crippen LogP contribution is -2.29. The fraction of sp³-hybridized carbons (Fsp3) is 0.667. The van der Waals surface area contributed by atoms with Gasteiger partial charge in [-0.3, -0.25) is 9.59 Å². The number of hydrogen-bond donors (Lipinski definition) is 1. The quantitative estimate of drug-likeness (QED) is 0.907. The van der Waals surface area contributed by atoms with Gasteiger partial charge in [-0.15, -0.1) is 11.3 Å². The van der Waals surface area contributed by atoms with Gasteiger partial charge in [-0.05, 0) is 31.6 Å². The van der Waals surface area contributed by atoms with Gasteiger partial charge in [-0.1, -0.05) is 0 Å². The fourth-order valence-electron chi connectivity index (χ4n) is 2.85. The number of nitrogens with zero attached hydrogens (tertiary/aromatic N) is 2. The number of amides is 2. The Balaban J connectivity index is 1.34. The molecule has 3 aliphatic rings. The van der Waals surface area contributed by atoms with E-state index in [-0.39, 0.29) is 17.7 Å². The molecule has 3 fully saturated rings. The van der Waals surface area contributed by atoms with Gasteiger partial charge in [0.15, 0.2) is 5.13 Å². The Labute approximate surface area is 127 Å². The monoisotopic (exact) mass is 305 g/mol. The van der Waals surface area contributed by atoms with E-state index in [1.54, 1.807) is 0 Å². The van der Waals surface area contributed by atoms with Crippen molar-refractivity contribution in [2.24, 2.45) is 11.8 Å². The SMILES string of the molecule is O=C(Nc1nc(C2CC2)cs1)[C@@H]1CC(=O)N(CC2CC2)C1. The van der Waals surface area contributed by atoms with Crippen LogP contribution in [0, 0.1) is 11.8 Å². The Hall–Kier alpha value is -1.43. The van der Waals surface area contributed by atoms with Gasteiger partial charge in [-0.25, -0.2) is 4.98 Å². The summed E-state index contributed by atoms with van der Waals surface area (Å²) in [5, 5.41) is 5.60. The number of nitrogens with one attached hydrogen (secondary N) is 1. The van der Waals surface area contributed by atoms with Crippen molar-refractivity contribution in [1.29, 1.82) is 0 Å². The van der Waals surface area contributed by atoms with Crippen LogP contribution >= 0.6 is 11.3 Å². The standard InChI is InChI=1S/C15H19N3O2S/c19-13-5-11(7-18(13)6-9-1-2-9)14(20)17-15-16-12(8-21-15)10-3-4-10/h8-11H,1-7H2,(H,16,17,20)/t11-/m1/s1. The van der Waals surface area contributed by atoms with Crippen molar-refractivity contribution in [3.8, 4) is 0 Å². The summed E-state index contributed by atoms with van der Waals surface area (Å²) in [7, 11) is 0. The first-order chi connectivity index (χ1) is 10.2. The maximum absolute atomic E-state index is 12.3. The average molecular weight is 305 g/mol. The number of thiazole rings is 1. The molecule has 2 saturated carbocycles. The normalized spacial score (nSPS) is 25.4. The molecule has 1 aliphatic heterocycles. The Kier molecular flexibility index (Phi) is 3.21. The zero-order chi connectivity index (χ0) is 14.4. The van der Waals surface area contributed by atoms with Crippen LogP contribution in [0.15, 0.2) is 5.38 Å². The molecule has 0 radical (unpaired) electrons. The van der Waals surface area contributed by atoms with E-state index in [9.17, 15) is 9.59 Å². The lowest BCUT2D eigenvalue weighted by molar-refractivity contribution is -0.128. The van der Waals surface area contributed by atoms with E-state index in [0.717, 1.165) is 12.2 Å². The zero-order valence-electron chi connectivity index (χ0n) is 11.9. The predicted molar refractivity (Wildman–Crippen MR) is 80.1 cm³/mol. The van der Waals surface area contributed by atoms with Gasteiger partial charge >= 0.3 is 0 Å². The van der Waals surface area contributed by atoms with E-state index < -0.39 is 0 Å². The molecule has 1 atom stereocenters. The molecule has 1 aromatic rings. The van der Waals surface area contributed by atoms with Crippen LogP contribution in [0.4, 0.5) is 5.13 Å². The molecule has 0 bridgehead atoms. The first kappa shape index (κ1) is 13.2. The second kappa shape index (κ2) is 5.09. The highest BCUT2D eigenvalue weighted by Gasteiger charge is 2.37. The highest BCUT2D eigenvalue weighted by Crippen LogP contribution is 2.41. The molecule has 2 heterocycles. The van der Waals surface area contributed by atoms with Crippen LogP contribution < -0.4 is 5.32 Å². The molecule has 2 aliphatic carbocycles. The molecule has 4 rings (SSSR count). The van der Waals surface area contributed by atoms with Gasteiger partial charge in [0.25, 0.3) is 0 Å². The summed E-state index contributed by atoms with van der Waals surface area (Å²) in [5.74, 6) is 1.13. The van der Waals surface area contributed by atoms with Crippen LogP contribution in [0.25, 0.3) is 0 Å². The van der Waals surface area contributed by atoms with Crippen molar-refractivity contribution in [3.63, 3.8) is 0 Å². The van der Waals surface area contributed by atoms with E-state index in [1.807, 2.05) is 10.3 Å². The van der Waals surface area contributed by atoms with Crippen molar-refractivity contribution in [1.82, 2.24) is 9.88 Å². The van der Waals surface area contributed by atoms with E-state index >= 15 is 0 Å². The summed E-state index contributed by atoms with van der Waals surface area (Å²) in [6.07, 6.45) is 5.22. The third-order valence-corrected chi connectivity index (χ3v) is 5.28. The molecule has 1 N–H and O–H groups in total. The largest absolute Gasteiger partial charge is 0.342 e. The Bertz CT molecular complexity index is 577. The fourth-order valence-corrected chi connectivity index (χ4v) is 3.65. The third-order valence-electron chi connectivity index (χ3n) is 4.51. The first-order valence-electron chi connectivity index (χ1n) is 7.73. The highest BCUT2D eigenvalue weighted by molar-refractivity contribution is 7.13. The maximum atomic E-state index is 12.3. The number of hydrogen-bond acceptors (Lipinski definition) is 4. The summed E-state index contributed by atoms with van der Waals surface area (Å²) in [6.45, 7) is 1.41. The Morgan fingerprint density at radius 1 is 1.38 bits per heavy atom. The lowest BCUT2D eigenvalue weighted by Gasteiger charge is -2.15. The lowest BCUT2D eigenvalue weighted by atomic mass is 10.1. The molecule has 5 nitrogen and oxygen atoms in total. The summed E-state index contributed by atoms with van der Waals surface area (Å²) < 4.78 is 0. The van der Waals surface area contributed by atoms with Crippen LogP contribution in [-0.4, -0.2) is 34.8 Å². The van der Waals surface area contributed by atoms with Gasteiger partial charge in [0.05, 0.1) is 11.6 Å². The van der Waals surface area contributed by atoms with Crippen molar-refractivity contribution in [3.05, 3.63) is 11.1 Å². The van der Waals surface area contributed by atoms with Gasteiger partial charge < -0.3 is 10.2 Å². The summed E-state index contributed by atoms with van der Waals surface area (Å²) >= 11 is 1.49. The van der Waals surface area contributed by atoms with Crippen LogP contribution in [0.5, 0.6) is 0 Å². The van der Waals surface area contributed by atoms with E-state index in [1.165, 1.54) is 37.0 Å². The van der Waals surface area contributed by atoms with E-state index in [4.69, 9.17) is 0 Å². The molecule has 0 aromatic carbocycles. The van der Waals surface area contributed by atoms with Gasteiger partial charge in [0.2, 0.25) is 11.8 Å². The van der Waals surface area contributed by atoms with E-state index in [2.05, 4.69) is 10.3 Å². The van der Waals surface area contributed by atoms with E-state index in [0.29, 0.717) is 29.9 Å². The number of rotatable bonds is 5.